The van der Waals surface area contributed by atoms with Gasteiger partial charge in [0.15, 0.2) is 5.60 Å². The zero-order valence-corrected chi connectivity index (χ0v) is 10.4. The third kappa shape index (κ3) is 3.46. The number of benzene rings is 1. The van der Waals surface area contributed by atoms with Crippen LogP contribution in [0.25, 0.3) is 0 Å². The van der Waals surface area contributed by atoms with E-state index in [0.29, 0.717) is 17.9 Å². The number of hydrogen-bond donors (Lipinski definition) is 1. The molecule has 17 heavy (non-hydrogen) atoms. The minimum atomic E-state index is -1.07. The molecule has 94 valence electrons. The molecule has 0 bridgehead atoms. The first-order chi connectivity index (χ1) is 8.01. The first-order valence-corrected chi connectivity index (χ1v) is 5.56. The lowest BCUT2D eigenvalue weighted by atomic mass is 10.1. The molecule has 0 aromatic heterocycles. The van der Waals surface area contributed by atoms with Crippen molar-refractivity contribution in [2.24, 2.45) is 0 Å². The van der Waals surface area contributed by atoms with Gasteiger partial charge in [-0.25, -0.2) is 4.79 Å². The van der Waals surface area contributed by atoms with E-state index in [1.165, 1.54) is 0 Å². The van der Waals surface area contributed by atoms with Crippen LogP contribution in [0.15, 0.2) is 24.3 Å². The van der Waals surface area contributed by atoms with Crippen molar-refractivity contribution in [3.05, 3.63) is 29.8 Å². The third-order valence-corrected chi connectivity index (χ3v) is 2.28. The summed E-state index contributed by atoms with van der Waals surface area (Å²) in [6, 6.07) is 7.05. The van der Waals surface area contributed by atoms with Crippen LogP contribution in [0, 0.1) is 0 Å². The van der Waals surface area contributed by atoms with E-state index >= 15 is 0 Å². The summed E-state index contributed by atoms with van der Waals surface area (Å²) in [7, 11) is 0. The van der Waals surface area contributed by atoms with Gasteiger partial charge in [-0.1, -0.05) is 18.2 Å². The molecule has 0 aliphatic carbocycles. The predicted molar refractivity (Wildman–Crippen MR) is 63.7 cm³/mol. The Bertz CT molecular complexity index is 385. The maximum atomic E-state index is 11.7. The molecule has 0 aliphatic rings. The molecule has 0 saturated carbocycles. The van der Waals surface area contributed by atoms with Crippen LogP contribution in [0.3, 0.4) is 0 Å². The number of aliphatic hydroxyl groups is 1. The molecule has 4 heteroatoms. The molecule has 1 aromatic rings. The highest BCUT2D eigenvalue weighted by Crippen LogP contribution is 2.23. The van der Waals surface area contributed by atoms with Gasteiger partial charge in [-0.05, 0) is 26.8 Å². The summed E-state index contributed by atoms with van der Waals surface area (Å²) < 4.78 is 10.5. The monoisotopic (exact) mass is 238 g/mol. The summed E-state index contributed by atoms with van der Waals surface area (Å²) in [5.74, 6) is 0.0702. The van der Waals surface area contributed by atoms with E-state index in [0.717, 1.165) is 0 Å². The van der Waals surface area contributed by atoms with Gasteiger partial charge in [-0.3, -0.25) is 0 Å². The highest BCUT2D eigenvalue weighted by Gasteiger charge is 2.32. The van der Waals surface area contributed by atoms with Gasteiger partial charge in [0.05, 0.1) is 13.2 Å². The summed E-state index contributed by atoms with van der Waals surface area (Å²) in [6.07, 6.45) is 0. The lowest BCUT2D eigenvalue weighted by Crippen LogP contribution is -2.40. The van der Waals surface area contributed by atoms with E-state index < -0.39 is 11.6 Å². The molecule has 0 amide bonds. The average molecular weight is 238 g/mol. The molecule has 0 fully saturated rings. The standard InChI is InChI=1S/C13H18O4/c1-4-16-12(15)13(2,3)17-11-8-6-5-7-10(11)9-14/h5-8,14H,4,9H2,1-3H3. The van der Waals surface area contributed by atoms with E-state index in [2.05, 4.69) is 0 Å². The van der Waals surface area contributed by atoms with Crippen LogP contribution in [-0.4, -0.2) is 23.3 Å². The van der Waals surface area contributed by atoms with E-state index in [1.54, 1.807) is 45.0 Å². The maximum Gasteiger partial charge on any atom is 0.349 e. The highest BCUT2D eigenvalue weighted by atomic mass is 16.6. The minimum Gasteiger partial charge on any atom is -0.476 e. The molecule has 1 rings (SSSR count). The van der Waals surface area contributed by atoms with Crippen LogP contribution in [0.4, 0.5) is 0 Å². The number of ether oxygens (including phenoxy) is 2. The number of esters is 1. The van der Waals surface area contributed by atoms with Gasteiger partial charge in [-0.2, -0.15) is 0 Å². The lowest BCUT2D eigenvalue weighted by Gasteiger charge is -2.25. The third-order valence-electron chi connectivity index (χ3n) is 2.28. The van der Waals surface area contributed by atoms with Crippen LogP contribution in [0.1, 0.15) is 26.3 Å². The average Bonchev–Trinajstić information content (AvgIpc) is 2.29. The fourth-order valence-corrected chi connectivity index (χ4v) is 1.36. The van der Waals surface area contributed by atoms with Crippen molar-refractivity contribution in [2.75, 3.05) is 6.61 Å². The summed E-state index contributed by atoms with van der Waals surface area (Å²) in [4.78, 5) is 11.7. The predicted octanol–water partition coefficient (Wildman–Crippen LogP) is 1.90. The zero-order chi connectivity index (χ0) is 12.9. The second kappa shape index (κ2) is 5.68. The second-order valence-electron chi connectivity index (χ2n) is 4.10. The van der Waals surface area contributed by atoms with Crippen LogP contribution < -0.4 is 4.74 Å². The fraction of sp³-hybridized carbons (Fsp3) is 0.462. The Balaban J connectivity index is 2.85. The van der Waals surface area contributed by atoms with Gasteiger partial charge in [0.25, 0.3) is 0 Å². The van der Waals surface area contributed by atoms with E-state index in [4.69, 9.17) is 14.6 Å². The van der Waals surface area contributed by atoms with Gasteiger partial charge in [0.1, 0.15) is 5.75 Å². The van der Waals surface area contributed by atoms with E-state index in [-0.39, 0.29) is 6.61 Å². The van der Waals surface area contributed by atoms with Crippen molar-refractivity contribution in [3.8, 4) is 5.75 Å². The van der Waals surface area contributed by atoms with Crippen molar-refractivity contribution < 1.29 is 19.4 Å². The molecular formula is C13H18O4. The minimum absolute atomic E-state index is 0.130. The first-order valence-electron chi connectivity index (χ1n) is 5.56. The number of para-hydroxylation sites is 1. The Morgan fingerprint density at radius 2 is 2.00 bits per heavy atom. The Hall–Kier alpha value is -1.55. The molecule has 0 unspecified atom stereocenters. The first kappa shape index (κ1) is 13.5. The lowest BCUT2D eigenvalue weighted by molar-refractivity contribution is -0.158. The van der Waals surface area contributed by atoms with Crippen molar-refractivity contribution in [1.82, 2.24) is 0 Å². The van der Waals surface area contributed by atoms with Crippen LogP contribution in [0.5, 0.6) is 5.75 Å². The van der Waals surface area contributed by atoms with Crippen molar-refractivity contribution >= 4 is 5.97 Å². The number of hydrogen-bond acceptors (Lipinski definition) is 4. The summed E-state index contributed by atoms with van der Waals surface area (Å²) in [5.41, 5.74) is -0.425. The number of aliphatic hydroxyl groups excluding tert-OH is 1. The number of carbonyl (C=O) groups is 1. The normalized spacial score (nSPS) is 11.1. The van der Waals surface area contributed by atoms with Crippen LogP contribution in [-0.2, 0) is 16.1 Å². The SMILES string of the molecule is CCOC(=O)C(C)(C)Oc1ccccc1CO. The quantitative estimate of drug-likeness (QED) is 0.796. The molecule has 0 saturated heterocycles. The van der Waals surface area contributed by atoms with Crippen LogP contribution >= 0.6 is 0 Å². The Labute approximate surface area is 101 Å². The van der Waals surface area contributed by atoms with E-state index in [9.17, 15) is 4.79 Å². The maximum absolute atomic E-state index is 11.7. The summed E-state index contributed by atoms with van der Waals surface area (Å²) >= 11 is 0. The molecule has 0 aliphatic heterocycles. The van der Waals surface area contributed by atoms with Crippen LogP contribution in [0.2, 0.25) is 0 Å². The zero-order valence-electron chi connectivity index (χ0n) is 10.4. The highest BCUT2D eigenvalue weighted by molar-refractivity contribution is 5.79. The largest absolute Gasteiger partial charge is 0.476 e. The fourth-order valence-electron chi connectivity index (χ4n) is 1.36. The Morgan fingerprint density at radius 1 is 1.35 bits per heavy atom. The molecule has 0 radical (unpaired) electrons. The van der Waals surface area contributed by atoms with Crippen molar-refractivity contribution in [2.45, 2.75) is 33.0 Å². The van der Waals surface area contributed by atoms with Gasteiger partial charge in [0.2, 0.25) is 0 Å². The number of carbonyl (C=O) groups excluding carboxylic acids is 1. The second-order valence-corrected chi connectivity index (χ2v) is 4.10. The Morgan fingerprint density at radius 3 is 2.59 bits per heavy atom. The molecule has 0 heterocycles. The van der Waals surface area contributed by atoms with Gasteiger partial charge < -0.3 is 14.6 Å². The summed E-state index contributed by atoms with van der Waals surface area (Å²) in [6.45, 7) is 5.20. The molecule has 4 nitrogen and oxygen atoms in total. The Kier molecular flexibility index (Phi) is 4.52. The smallest absolute Gasteiger partial charge is 0.349 e. The van der Waals surface area contributed by atoms with Gasteiger partial charge in [0, 0.05) is 5.56 Å². The van der Waals surface area contributed by atoms with Gasteiger partial charge >= 0.3 is 5.97 Å². The van der Waals surface area contributed by atoms with E-state index in [1.807, 2.05) is 0 Å². The molecule has 0 spiro atoms. The van der Waals surface area contributed by atoms with Crippen molar-refractivity contribution in [3.63, 3.8) is 0 Å². The van der Waals surface area contributed by atoms with Crippen molar-refractivity contribution in [1.29, 1.82) is 0 Å². The molecule has 1 aromatic carbocycles. The summed E-state index contributed by atoms with van der Waals surface area (Å²) in [5, 5.41) is 9.16. The van der Waals surface area contributed by atoms with Gasteiger partial charge in [-0.15, -0.1) is 0 Å². The molecule has 0 atom stereocenters. The molecule has 1 N–H and O–H groups in total. The number of rotatable bonds is 5. The topological polar surface area (TPSA) is 55.8 Å². The molecular weight excluding hydrogens is 220 g/mol.